The predicted molar refractivity (Wildman–Crippen MR) is 112 cm³/mol. The maximum absolute atomic E-state index is 13.0. The van der Waals surface area contributed by atoms with Gasteiger partial charge in [-0.1, -0.05) is 32.5 Å². The van der Waals surface area contributed by atoms with Gasteiger partial charge >= 0.3 is 0 Å². The van der Waals surface area contributed by atoms with Crippen LogP contribution in [0.3, 0.4) is 0 Å². The molecule has 2 aliphatic heterocycles. The van der Waals surface area contributed by atoms with Gasteiger partial charge in [0, 0.05) is 50.0 Å². The topological polar surface area (TPSA) is 92.6 Å². The molecule has 8 nitrogen and oxygen atoms in total. The van der Waals surface area contributed by atoms with Crippen molar-refractivity contribution in [2.45, 2.75) is 56.0 Å². The molecule has 10 heteroatoms. The summed E-state index contributed by atoms with van der Waals surface area (Å²) in [4.78, 5) is 32.0. The van der Waals surface area contributed by atoms with Crippen molar-refractivity contribution in [1.82, 2.24) is 18.8 Å². The summed E-state index contributed by atoms with van der Waals surface area (Å²) in [6, 6.07) is 1.57. The lowest BCUT2D eigenvalue weighted by Crippen LogP contribution is -2.53. The standard InChI is InChI=1S/C19H28N4O4S2/c1-19(2,3)15-10-16(24)23-11-13(12-28-18(23)20-15)17(25)21-6-8-22(9-7-21)29(26,27)14-4-5-14/h10,13-14H,4-9,11-12H2,1-3H3. The number of amides is 1. The molecule has 2 fully saturated rings. The van der Waals surface area contributed by atoms with Crippen LogP contribution in [0.1, 0.15) is 39.3 Å². The van der Waals surface area contributed by atoms with E-state index < -0.39 is 10.0 Å². The number of rotatable bonds is 3. The first-order valence-electron chi connectivity index (χ1n) is 10.1. The van der Waals surface area contributed by atoms with Crippen LogP contribution >= 0.6 is 11.8 Å². The van der Waals surface area contributed by atoms with Gasteiger partial charge in [0.1, 0.15) is 0 Å². The zero-order chi connectivity index (χ0) is 21.0. The Bertz CT molecular complexity index is 971. The van der Waals surface area contributed by atoms with Crippen molar-refractivity contribution in [2.75, 3.05) is 31.9 Å². The van der Waals surface area contributed by atoms with Crippen LogP contribution in [0.4, 0.5) is 0 Å². The number of sulfonamides is 1. The van der Waals surface area contributed by atoms with E-state index >= 15 is 0 Å². The molecule has 1 atom stereocenters. The summed E-state index contributed by atoms with van der Waals surface area (Å²) in [6.45, 7) is 7.94. The van der Waals surface area contributed by atoms with Crippen LogP contribution in [0.15, 0.2) is 16.0 Å². The highest BCUT2D eigenvalue weighted by molar-refractivity contribution is 7.99. The minimum Gasteiger partial charge on any atom is -0.340 e. The molecule has 1 aromatic rings. The van der Waals surface area contributed by atoms with Gasteiger partial charge in [0.15, 0.2) is 5.16 Å². The van der Waals surface area contributed by atoms with Crippen LogP contribution in [0.2, 0.25) is 0 Å². The van der Waals surface area contributed by atoms with Crippen molar-refractivity contribution >= 4 is 27.7 Å². The third kappa shape index (κ3) is 4.11. The van der Waals surface area contributed by atoms with Crippen LogP contribution in [0, 0.1) is 5.92 Å². The van der Waals surface area contributed by atoms with Gasteiger partial charge in [-0.05, 0) is 12.8 Å². The Morgan fingerprint density at radius 2 is 1.83 bits per heavy atom. The summed E-state index contributed by atoms with van der Waals surface area (Å²) < 4.78 is 27.9. The number of aromatic nitrogens is 2. The van der Waals surface area contributed by atoms with E-state index in [0.717, 1.165) is 18.5 Å². The molecular weight excluding hydrogens is 412 g/mol. The maximum atomic E-state index is 13.0. The van der Waals surface area contributed by atoms with Crippen molar-refractivity contribution in [3.63, 3.8) is 0 Å². The molecule has 0 spiro atoms. The Morgan fingerprint density at radius 3 is 2.41 bits per heavy atom. The molecule has 3 aliphatic rings. The summed E-state index contributed by atoms with van der Waals surface area (Å²) in [6.07, 6.45) is 1.50. The summed E-state index contributed by atoms with van der Waals surface area (Å²) in [7, 11) is -3.19. The van der Waals surface area contributed by atoms with E-state index in [0.29, 0.717) is 43.6 Å². The number of hydrogen-bond donors (Lipinski definition) is 0. The monoisotopic (exact) mass is 440 g/mol. The van der Waals surface area contributed by atoms with Gasteiger partial charge in [-0.2, -0.15) is 4.31 Å². The molecule has 1 aromatic heterocycles. The first-order chi connectivity index (χ1) is 13.6. The lowest BCUT2D eigenvalue weighted by Gasteiger charge is -2.36. The second-order valence-electron chi connectivity index (χ2n) is 9.10. The molecule has 1 aliphatic carbocycles. The average Bonchev–Trinajstić information content (AvgIpc) is 3.52. The SMILES string of the molecule is CC(C)(C)c1cc(=O)n2c(n1)SCC(C(=O)N1CCN(S(=O)(=O)C3CC3)CC1)C2. The van der Waals surface area contributed by atoms with Gasteiger partial charge in [0.05, 0.1) is 16.9 Å². The fourth-order valence-electron chi connectivity index (χ4n) is 3.74. The molecule has 0 aromatic carbocycles. The van der Waals surface area contributed by atoms with Crippen LogP contribution < -0.4 is 5.56 Å². The highest BCUT2D eigenvalue weighted by atomic mass is 32.2. The summed E-state index contributed by atoms with van der Waals surface area (Å²) in [5.74, 6) is 0.289. The molecule has 4 rings (SSSR count). The number of thioether (sulfide) groups is 1. The van der Waals surface area contributed by atoms with E-state index in [9.17, 15) is 18.0 Å². The highest BCUT2D eigenvalue weighted by Gasteiger charge is 2.42. The second kappa shape index (κ2) is 7.39. The smallest absolute Gasteiger partial charge is 0.254 e. The van der Waals surface area contributed by atoms with Crippen LogP contribution in [-0.2, 0) is 26.8 Å². The third-order valence-corrected chi connectivity index (χ3v) is 9.30. The van der Waals surface area contributed by atoms with Crippen molar-refractivity contribution in [2.24, 2.45) is 5.92 Å². The first kappa shape index (κ1) is 20.9. The summed E-state index contributed by atoms with van der Waals surface area (Å²) in [5.41, 5.74) is 0.437. The Morgan fingerprint density at radius 1 is 1.17 bits per heavy atom. The predicted octanol–water partition coefficient (Wildman–Crippen LogP) is 0.899. The summed E-state index contributed by atoms with van der Waals surface area (Å²) >= 11 is 1.45. The van der Waals surface area contributed by atoms with Crippen molar-refractivity contribution < 1.29 is 13.2 Å². The molecule has 0 radical (unpaired) electrons. The van der Waals surface area contributed by atoms with Crippen molar-refractivity contribution in [3.8, 4) is 0 Å². The van der Waals surface area contributed by atoms with Gasteiger partial charge in [-0.15, -0.1) is 0 Å². The quantitative estimate of drug-likeness (QED) is 0.649. The minimum atomic E-state index is -3.19. The first-order valence-corrected chi connectivity index (χ1v) is 12.6. The number of carbonyl (C=O) groups is 1. The lowest BCUT2D eigenvalue weighted by molar-refractivity contribution is -0.136. The normalized spacial score (nSPS) is 23.7. The van der Waals surface area contributed by atoms with Gasteiger partial charge in [-0.25, -0.2) is 13.4 Å². The zero-order valence-corrected chi connectivity index (χ0v) is 18.8. The Labute approximate surface area is 175 Å². The van der Waals surface area contributed by atoms with Gasteiger partial charge in [0.25, 0.3) is 5.56 Å². The fraction of sp³-hybridized carbons (Fsp3) is 0.737. The van der Waals surface area contributed by atoms with E-state index in [4.69, 9.17) is 0 Å². The molecule has 3 heterocycles. The van der Waals surface area contributed by atoms with Crippen molar-refractivity contribution in [1.29, 1.82) is 0 Å². The molecule has 0 N–H and O–H groups in total. The van der Waals surface area contributed by atoms with E-state index in [1.165, 1.54) is 16.1 Å². The highest BCUT2D eigenvalue weighted by Crippen LogP contribution is 2.32. The van der Waals surface area contributed by atoms with Crippen LogP contribution in [0.5, 0.6) is 0 Å². The van der Waals surface area contributed by atoms with E-state index in [1.54, 1.807) is 15.5 Å². The van der Waals surface area contributed by atoms with Crippen molar-refractivity contribution in [3.05, 3.63) is 22.1 Å². The molecule has 0 bridgehead atoms. The van der Waals surface area contributed by atoms with Crippen LogP contribution in [0.25, 0.3) is 0 Å². The zero-order valence-electron chi connectivity index (χ0n) is 17.1. The average molecular weight is 441 g/mol. The van der Waals surface area contributed by atoms with Crippen LogP contribution in [-0.4, -0.2) is 70.3 Å². The lowest BCUT2D eigenvalue weighted by atomic mass is 9.92. The maximum Gasteiger partial charge on any atom is 0.254 e. The third-order valence-electron chi connectivity index (χ3n) is 5.76. The van der Waals surface area contributed by atoms with Gasteiger partial charge in [0.2, 0.25) is 15.9 Å². The molecule has 1 amide bonds. The van der Waals surface area contributed by atoms with Gasteiger partial charge in [-0.3, -0.25) is 14.2 Å². The molecular formula is C19H28N4O4S2. The number of carbonyl (C=O) groups excluding carboxylic acids is 1. The van der Waals surface area contributed by atoms with Gasteiger partial charge < -0.3 is 4.90 Å². The molecule has 1 saturated heterocycles. The van der Waals surface area contributed by atoms with E-state index in [1.807, 2.05) is 20.8 Å². The number of fused-ring (bicyclic) bond motifs is 1. The Kier molecular flexibility index (Phi) is 5.31. The summed E-state index contributed by atoms with van der Waals surface area (Å²) in [5, 5.41) is 0.459. The second-order valence-corrected chi connectivity index (χ2v) is 12.3. The van der Waals surface area contributed by atoms with E-state index in [-0.39, 0.29) is 28.0 Å². The number of piperazine rings is 1. The fourth-order valence-corrected chi connectivity index (χ4v) is 6.65. The minimum absolute atomic E-state index is 0.00146. The largest absolute Gasteiger partial charge is 0.340 e. The van der Waals surface area contributed by atoms with E-state index in [2.05, 4.69) is 4.98 Å². The Hall–Kier alpha value is -1.39. The molecule has 1 saturated carbocycles. The molecule has 1 unspecified atom stereocenters. The Balaban J connectivity index is 1.42. The number of nitrogens with zero attached hydrogens (tertiary/aromatic N) is 4. The molecule has 29 heavy (non-hydrogen) atoms. The molecule has 160 valence electrons. The number of hydrogen-bond acceptors (Lipinski definition) is 6.